The molecule has 4 heteroatoms. The number of nitrogens with two attached hydrogens (primary N) is 1. The standard InChI is InChI=1S/C17H24N2OS/c18-15-6-4-14(5-7-15)12-16(20)19-10-11-21-17(13-19)8-2-1-3-9-17/h4-7H,1-3,8-13,18H2. The summed E-state index contributed by atoms with van der Waals surface area (Å²) in [5.41, 5.74) is 7.51. The SMILES string of the molecule is Nc1ccc(CC(=O)N2CCSC3(CCCCC3)C2)cc1. The van der Waals surface area contributed by atoms with Crippen LogP contribution in [0.3, 0.4) is 0 Å². The van der Waals surface area contributed by atoms with Crippen molar-refractivity contribution in [3.63, 3.8) is 0 Å². The molecule has 2 fully saturated rings. The zero-order valence-corrected chi connectivity index (χ0v) is 13.3. The first-order chi connectivity index (χ1) is 10.2. The van der Waals surface area contributed by atoms with Crippen molar-refractivity contribution in [1.29, 1.82) is 0 Å². The molecule has 1 heterocycles. The molecular formula is C17H24N2OS. The Bertz CT molecular complexity index is 489. The van der Waals surface area contributed by atoms with Gasteiger partial charge in [-0.2, -0.15) is 11.8 Å². The van der Waals surface area contributed by atoms with E-state index in [0.717, 1.165) is 30.1 Å². The molecule has 0 unspecified atom stereocenters. The van der Waals surface area contributed by atoms with Gasteiger partial charge in [-0.3, -0.25) is 4.79 Å². The molecule has 1 saturated carbocycles. The highest BCUT2D eigenvalue weighted by molar-refractivity contribution is 8.00. The van der Waals surface area contributed by atoms with Gasteiger partial charge in [0.25, 0.3) is 0 Å². The molecule has 0 radical (unpaired) electrons. The predicted molar refractivity (Wildman–Crippen MR) is 89.4 cm³/mol. The molecular weight excluding hydrogens is 280 g/mol. The summed E-state index contributed by atoms with van der Waals surface area (Å²) in [7, 11) is 0. The summed E-state index contributed by atoms with van der Waals surface area (Å²) < 4.78 is 0.354. The average molecular weight is 304 g/mol. The van der Waals surface area contributed by atoms with Crippen LogP contribution in [0.25, 0.3) is 0 Å². The molecule has 0 aromatic heterocycles. The quantitative estimate of drug-likeness (QED) is 0.854. The molecule has 3 nitrogen and oxygen atoms in total. The molecule has 1 aromatic carbocycles. The molecule has 0 atom stereocenters. The van der Waals surface area contributed by atoms with Gasteiger partial charge in [0.05, 0.1) is 6.42 Å². The number of rotatable bonds is 2. The maximum atomic E-state index is 12.6. The van der Waals surface area contributed by atoms with Gasteiger partial charge in [-0.1, -0.05) is 31.4 Å². The van der Waals surface area contributed by atoms with Crippen LogP contribution < -0.4 is 5.73 Å². The molecule has 1 aromatic rings. The lowest BCUT2D eigenvalue weighted by Crippen LogP contribution is -2.50. The molecule has 1 saturated heterocycles. The van der Waals surface area contributed by atoms with Crippen molar-refractivity contribution in [2.45, 2.75) is 43.3 Å². The van der Waals surface area contributed by atoms with Gasteiger partial charge in [0.2, 0.25) is 5.91 Å². The Kier molecular flexibility index (Phi) is 4.43. The van der Waals surface area contributed by atoms with Crippen LogP contribution in [-0.2, 0) is 11.2 Å². The average Bonchev–Trinajstić information content (AvgIpc) is 2.50. The summed E-state index contributed by atoms with van der Waals surface area (Å²) in [4.78, 5) is 14.7. The Labute approximate surface area is 131 Å². The first kappa shape index (κ1) is 14.8. The summed E-state index contributed by atoms with van der Waals surface area (Å²) in [5.74, 6) is 1.36. The zero-order valence-electron chi connectivity index (χ0n) is 12.5. The number of carbonyl (C=O) groups is 1. The van der Waals surface area contributed by atoms with E-state index in [1.54, 1.807) is 0 Å². The van der Waals surface area contributed by atoms with Crippen molar-refractivity contribution in [3.8, 4) is 0 Å². The zero-order chi connectivity index (χ0) is 14.7. The van der Waals surface area contributed by atoms with Gasteiger partial charge in [-0.25, -0.2) is 0 Å². The second-order valence-electron chi connectivity index (χ2n) is 6.33. The monoisotopic (exact) mass is 304 g/mol. The molecule has 2 N–H and O–H groups in total. The van der Waals surface area contributed by atoms with Crippen LogP contribution >= 0.6 is 11.8 Å². The lowest BCUT2D eigenvalue weighted by molar-refractivity contribution is -0.131. The number of nitrogens with zero attached hydrogens (tertiary/aromatic N) is 1. The number of amides is 1. The Morgan fingerprint density at radius 3 is 2.62 bits per heavy atom. The van der Waals surface area contributed by atoms with Gasteiger partial charge in [-0.15, -0.1) is 0 Å². The van der Waals surface area contributed by atoms with E-state index in [4.69, 9.17) is 5.73 Å². The third-order valence-corrected chi connectivity index (χ3v) is 6.24. The van der Waals surface area contributed by atoms with Crippen LogP contribution in [-0.4, -0.2) is 34.4 Å². The topological polar surface area (TPSA) is 46.3 Å². The lowest BCUT2D eigenvalue weighted by Gasteiger charge is -2.44. The Morgan fingerprint density at radius 2 is 1.90 bits per heavy atom. The van der Waals surface area contributed by atoms with Crippen molar-refractivity contribution < 1.29 is 4.79 Å². The molecule has 1 amide bonds. The number of carbonyl (C=O) groups excluding carboxylic acids is 1. The number of nitrogen functional groups attached to an aromatic ring is 1. The molecule has 1 spiro atoms. The number of anilines is 1. The summed E-state index contributed by atoms with van der Waals surface area (Å²) in [6.07, 6.45) is 7.08. The van der Waals surface area contributed by atoms with Gasteiger partial charge in [0.15, 0.2) is 0 Å². The molecule has 3 rings (SSSR count). The Balaban J connectivity index is 1.62. The Morgan fingerprint density at radius 1 is 1.19 bits per heavy atom. The van der Waals surface area contributed by atoms with E-state index in [2.05, 4.69) is 16.7 Å². The second-order valence-corrected chi connectivity index (χ2v) is 7.89. The van der Waals surface area contributed by atoms with Crippen LogP contribution in [0.5, 0.6) is 0 Å². The largest absolute Gasteiger partial charge is 0.399 e. The fraction of sp³-hybridized carbons (Fsp3) is 0.588. The van der Waals surface area contributed by atoms with E-state index < -0.39 is 0 Å². The third kappa shape index (κ3) is 3.54. The highest BCUT2D eigenvalue weighted by Crippen LogP contribution is 2.42. The van der Waals surface area contributed by atoms with E-state index in [9.17, 15) is 4.79 Å². The van der Waals surface area contributed by atoms with Crippen molar-refractivity contribution in [2.24, 2.45) is 0 Å². The Hall–Kier alpha value is -1.16. The normalized spacial score (nSPS) is 21.4. The van der Waals surface area contributed by atoms with E-state index in [1.165, 1.54) is 32.1 Å². The summed E-state index contributed by atoms with van der Waals surface area (Å²) in [6, 6.07) is 7.67. The second kappa shape index (κ2) is 6.30. The van der Waals surface area contributed by atoms with Gasteiger partial charge in [-0.05, 0) is 30.5 Å². The van der Waals surface area contributed by atoms with E-state index in [-0.39, 0.29) is 5.91 Å². The van der Waals surface area contributed by atoms with E-state index in [0.29, 0.717) is 11.2 Å². The fourth-order valence-electron chi connectivity index (χ4n) is 3.48. The molecule has 21 heavy (non-hydrogen) atoms. The number of hydrogen-bond acceptors (Lipinski definition) is 3. The minimum atomic E-state index is 0.269. The van der Waals surface area contributed by atoms with Crippen molar-refractivity contribution >= 4 is 23.4 Å². The predicted octanol–water partition coefficient (Wildman–Crippen LogP) is 3.09. The van der Waals surface area contributed by atoms with Gasteiger partial charge < -0.3 is 10.6 Å². The summed E-state index contributed by atoms with van der Waals surface area (Å²) >= 11 is 2.11. The first-order valence-electron chi connectivity index (χ1n) is 7.93. The maximum absolute atomic E-state index is 12.6. The highest BCUT2D eigenvalue weighted by Gasteiger charge is 2.38. The summed E-state index contributed by atoms with van der Waals surface area (Å²) in [6.45, 7) is 1.85. The first-order valence-corrected chi connectivity index (χ1v) is 8.92. The van der Waals surface area contributed by atoms with E-state index >= 15 is 0 Å². The maximum Gasteiger partial charge on any atom is 0.227 e. The molecule has 0 bridgehead atoms. The minimum Gasteiger partial charge on any atom is -0.399 e. The fourth-order valence-corrected chi connectivity index (χ4v) is 5.05. The smallest absolute Gasteiger partial charge is 0.227 e. The van der Waals surface area contributed by atoms with Gasteiger partial charge >= 0.3 is 0 Å². The minimum absolute atomic E-state index is 0.269. The van der Waals surface area contributed by atoms with Crippen LogP contribution in [0.1, 0.15) is 37.7 Å². The molecule has 1 aliphatic heterocycles. The van der Waals surface area contributed by atoms with Crippen LogP contribution in [0.15, 0.2) is 24.3 Å². The summed E-state index contributed by atoms with van der Waals surface area (Å²) in [5, 5.41) is 0. The molecule has 2 aliphatic rings. The third-order valence-electron chi connectivity index (χ3n) is 4.70. The van der Waals surface area contributed by atoms with Crippen LogP contribution in [0.4, 0.5) is 5.69 Å². The number of hydrogen-bond donors (Lipinski definition) is 1. The van der Waals surface area contributed by atoms with Crippen LogP contribution in [0, 0.1) is 0 Å². The van der Waals surface area contributed by atoms with E-state index in [1.807, 2.05) is 24.3 Å². The highest BCUT2D eigenvalue weighted by atomic mass is 32.2. The molecule has 114 valence electrons. The number of thioether (sulfide) groups is 1. The number of benzene rings is 1. The van der Waals surface area contributed by atoms with Crippen molar-refractivity contribution in [1.82, 2.24) is 4.90 Å². The van der Waals surface area contributed by atoms with Crippen molar-refractivity contribution in [3.05, 3.63) is 29.8 Å². The molecule has 1 aliphatic carbocycles. The van der Waals surface area contributed by atoms with Gasteiger partial charge in [0.1, 0.15) is 0 Å². The van der Waals surface area contributed by atoms with Crippen molar-refractivity contribution in [2.75, 3.05) is 24.6 Å². The lowest BCUT2D eigenvalue weighted by atomic mass is 9.87. The van der Waals surface area contributed by atoms with Crippen LogP contribution in [0.2, 0.25) is 0 Å². The van der Waals surface area contributed by atoms with Gasteiger partial charge in [0, 0.05) is 29.3 Å².